The molecule has 0 amide bonds. The minimum atomic E-state index is -0.219. The van der Waals surface area contributed by atoms with Gasteiger partial charge in [-0.05, 0) is 103 Å². The van der Waals surface area contributed by atoms with Gasteiger partial charge in [-0.25, -0.2) is 0 Å². The predicted molar refractivity (Wildman–Crippen MR) is 155 cm³/mol. The molecule has 37 heavy (non-hydrogen) atoms. The zero-order chi connectivity index (χ0) is 25.1. The number of para-hydroxylation sites is 1. The van der Waals surface area contributed by atoms with Crippen LogP contribution in [0.1, 0.15) is 31.9 Å². The summed E-state index contributed by atoms with van der Waals surface area (Å²) in [5.74, 6) is 0.887. The first kappa shape index (κ1) is 21.9. The fourth-order valence-electron chi connectivity index (χ4n) is 5.86. The maximum Gasteiger partial charge on any atom is 0.120 e. The third-order valence-corrected chi connectivity index (χ3v) is 7.35. The van der Waals surface area contributed by atoms with Crippen LogP contribution in [-0.4, -0.2) is 10.2 Å². The van der Waals surface area contributed by atoms with Crippen LogP contribution in [0.3, 0.4) is 0 Å². The number of benzene rings is 5. The molecule has 1 aliphatic rings. The van der Waals surface area contributed by atoms with Gasteiger partial charge in [0.05, 0.1) is 11.0 Å². The van der Waals surface area contributed by atoms with Crippen molar-refractivity contribution >= 4 is 21.8 Å². The largest absolute Gasteiger partial charge is 0.488 e. The van der Waals surface area contributed by atoms with Gasteiger partial charge in [-0.3, -0.25) is 0 Å². The zero-order valence-electron chi connectivity index (χ0n) is 21.5. The second-order valence-corrected chi connectivity index (χ2v) is 11.0. The van der Waals surface area contributed by atoms with Crippen LogP contribution in [0.2, 0.25) is 0 Å². The zero-order valence-corrected chi connectivity index (χ0v) is 21.5. The normalized spacial score (nSPS) is 12.6. The van der Waals surface area contributed by atoms with Crippen molar-refractivity contribution in [2.24, 2.45) is 0 Å². The molecule has 0 bridgehead atoms. The number of rotatable bonds is 3. The lowest BCUT2D eigenvalue weighted by Crippen LogP contribution is -2.22. The maximum atomic E-state index is 6.06. The topological polar surface area (TPSA) is 14.2 Å². The average molecular weight is 480 g/mol. The van der Waals surface area contributed by atoms with Gasteiger partial charge in [0.25, 0.3) is 0 Å². The van der Waals surface area contributed by atoms with Crippen molar-refractivity contribution in [1.29, 1.82) is 0 Å². The highest BCUT2D eigenvalue weighted by Crippen LogP contribution is 2.43. The van der Waals surface area contributed by atoms with Crippen molar-refractivity contribution < 1.29 is 4.74 Å². The summed E-state index contributed by atoms with van der Waals surface area (Å²) in [4.78, 5) is 0. The average Bonchev–Trinajstić information content (AvgIpc) is 3.44. The summed E-state index contributed by atoms with van der Waals surface area (Å²) in [5.41, 5.74) is 11.5. The van der Waals surface area contributed by atoms with E-state index in [-0.39, 0.29) is 5.60 Å². The van der Waals surface area contributed by atoms with Crippen LogP contribution in [0, 0.1) is 0 Å². The van der Waals surface area contributed by atoms with Crippen LogP contribution < -0.4 is 4.74 Å². The molecule has 1 aromatic heterocycles. The fraction of sp³-hybridized carbons (Fsp3) is 0.143. The molecule has 1 heterocycles. The number of ether oxygens (including phenoxy) is 1. The van der Waals surface area contributed by atoms with E-state index >= 15 is 0 Å². The molecule has 0 saturated carbocycles. The van der Waals surface area contributed by atoms with Crippen molar-refractivity contribution in [2.45, 2.75) is 32.8 Å². The molecule has 0 fully saturated rings. The monoisotopic (exact) mass is 479 g/mol. The minimum Gasteiger partial charge on any atom is -0.488 e. The Morgan fingerprint density at radius 2 is 1.32 bits per heavy atom. The first-order valence-electron chi connectivity index (χ1n) is 13.0. The summed E-state index contributed by atoms with van der Waals surface area (Å²) in [6, 6.07) is 39.6. The molecule has 0 N–H and O–H groups in total. The molecular weight excluding hydrogens is 450 g/mol. The molecule has 2 heteroatoms. The second-order valence-electron chi connectivity index (χ2n) is 11.0. The van der Waals surface area contributed by atoms with Crippen LogP contribution in [-0.2, 0) is 6.42 Å². The summed E-state index contributed by atoms with van der Waals surface area (Å²) in [6.07, 6.45) is 0.991. The van der Waals surface area contributed by atoms with Crippen molar-refractivity contribution in [3.05, 3.63) is 120 Å². The Morgan fingerprint density at radius 3 is 2.16 bits per heavy atom. The summed E-state index contributed by atoms with van der Waals surface area (Å²) < 4.78 is 8.43. The Morgan fingerprint density at radius 1 is 0.622 bits per heavy atom. The number of fused-ring (bicyclic) bond motifs is 6. The van der Waals surface area contributed by atoms with Crippen molar-refractivity contribution in [2.75, 3.05) is 0 Å². The highest BCUT2D eigenvalue weighted by Gasteiger charge is 2.22. The molecule has 0 unspecified atom stereocenters. The molecule has 0 spiro atoms. The summed E-state index contributed by atoms with van der Waals surface area (Å²) in [7, 11) is 0. The van der Waals surface area contributed by atoms with E-state index in [1.54, 1.807) is 0 Å². The van der Waals surface area contributed by atoms with E-state index in [9.17, 15) is 0 Å². The molecule has 0 aliphatic heterocycles. The van der Waals surface area contributed by atoms with Gasteiger partial charge in [-0.2, -0.15) is 0 Å². The Hall–Kier alpha value is -4.30. The van der Waals surface area contributed by atoms with Crippen LogP contribution in [0.25, 0.3) is 49.7 Å². The molecule has 0 radical (unpaired) electrons. The van der Waals surface area contributed by atoms with E-state index in [1.165, 1.54) is 55.2 Å². The van der Waals surface area contributed by atoms with E-state index in [4.69, 9.17) is 4.74 Å². The molecule has 6 aromatic rings. The van der Waals surface area contributed by atoms with Gasteiger partial charge in [-0.1, -0.05) is 66.7 Å². The van der Waals surface area contributed by atoms with Gasteiger partial charge in [0.15, 0.2) is 0 Å². The Balaban J connectivity index is 1.38. The number of hydrogen-bond donors (Lipinski definition) is 0. The maximum absolute atomic E-state index is 6.06. The van der Waals surface area contributed by atoms with E-state index in [0.29, 0.717) is 0 Å². The summed E-state index contributed by atoms with van der Waals surface area (Å²) in [5, 5.41) is 2.54. The smallest absolute Gasteiger partial charge is 0.120 e. The highest BCUT2D eigenvalue weighted by atomic mass is 16.5. The first-order valence-corrected chi connectivity index (χ1v) is 13.0. The molecule has 0 saturated heterocycles. The van der Waals surface area contributed by atoms with E-state index in [0.717, 1.165) is 17.9 Å². The Bertz CT molecular complexity index is 1800. The molecule has 180 valence electrons. The van der Waals surface area contributed by atoms with E-state index < -0.39 is 0 Å². The first-order chi connectivity index (χ1) is 18.0. The molecule has 5 aromatic carbocycles. The van der Waals surface area contributed by atoms with Crippen LogP contribution >= 0.6 is 0 Å². The van der Waals surface area contributed by atoms with Gasteiger partial charge in [-0.15, -0.1) is 0 Å². The lowest BCUT2D eigenvalue weighted by atomic mass is 9.95. The highest BCUT2D eigenvalue weighted by molar-refractivity contribution is 6.10. The van der Waals surface area contributed by atoms with Crippen molar-refractivity contribution in [1.82, 2.24) is 4.57 Å². The molecule has 1 aliphatic carbocycles. The lowest BCUT2D eigenvalue weighted by Gasteiger charge is -2.21. The van der Waals surface area contributed by atoms with E-state index in [2.05, 4.69) is 135 Å². The van der Waals surface area contributed by atoms with Crippen LogP contribution in [0.15, 0.2) is 109 Å². The van der Waals surface area contributed by atoms with Crippen molar-refractivity contribution in [3.8, 4) is 33.7 Å². The lowest BCUT2D eigenvalue weighted by molar-refractivity contribution is 0.131. The number of aromatic nitrogens is 1. The predicted octanol–water partition coefficient (Wildman–Crippen LogP) is 9.20. The Kier molecular flexibility index (Phi) is 4.81. The SMILES string of the molecule is CC(C)(C)Oc1ccc(-n2c3ccccc3c3cc(-c4cccc5c4Cc4ccccc4-5)ccc32)cc1. The third-order valence-electron chi connectivity index (χ3n) is 7.35. The second kappa shape index (κ2) is 8.11. The van der Waals surface area contributed by atoms with Gasteiger partial charge in [0, 0.05) is 16.5 Å². The molecule has 2 nitrogen and oxygen atoms in total. The quantitative estimate of drug-likeness (QED) is 0.246. The molecule has 7 rings (SSSR count). The van der Waals surface area contributed by atoms with E-state index in [1.807, 2.05) is 0 Å². The van der Waals surface area contributed by atoms with Gasteiger partial charge in [0.2, 0.25) is 0 Å². The Labute approximate surface area is 217 Å². The van der Waals surface area contributed by atoms with Gasteiger partial charge < -0.3 is 9.30 Å². The van der Waals surface area contributed by atoms with Crippen LogP contribution in [0.5, 0.6) is 5.75 Å². The van der Waals surface area contributed by atoms with Gasteiger partial charge in [0.1, 0.15) is 11.4 Å². The minimum absolute atomic E-state index is 0.219. The fourth-order valence-corrected chi connectivity index (χ4v) is 5.86. The molecule has 0 atom stereocenters. The summed E-state index contributed by atoms with van der Waals surface area (Å²) in [6.45, 7) is 6.23. The third kappa shape index (κ3) is 3.64. The number of nitrogens with zero attached hydrogens (tertiary/aromatic N) is 1. The summed E-state index contributed by atoms with van der Waals surface area (Å²) >= 11 is 0. The van der Waals surface area contributed by atoms with Crippen molar-refractivity contribution in [3.63, 3.8) is 0 Å². The standard InChI is InChI=1S/C35H29NO/c1-35(2,3)37-26-18-16-25(17-19-26)36-33-14-7-6-11-30(33)32-22-24(15-20-34(32)36)28-12-8-13-29-27-10-5-4-9-23(27)21-31(28)29/h4-20,22H,21H2,1-3H3. The van der Waals surface area contributed by atoms with Gasteiger partial charge >= 0.3 is 0 Å². The number of hydrogen-bond acceptors (Lipinski definition) is 1. The molecular formula is C35H29NO. The van der Waals surface area contributed by atoms with Crippen LogP contribution in [0.4, 0.5) is 0 Å².